The van der Waals surface area contributed by atoms with Crippen LogP contribution in [0, 0.1) is 0 Å². The number of aryl methyl sites for hydroxylation is 1. The molecule has 0 amide bonds. The van der Waals surface area contributed by atoms with Gasteiger partial charge in [0.1, 0.15) is 0 Å². The standard InChI is InChI=1S/C21H27ClN4O/c1-2-16-4-3-5-19(14-16)25-21(23)24-15-20(26-10-12-27-13-11-26)17-6-8-18(22)9-7-17/h3-9,14,20H,2,10-13,15H2,1H3,(H3,23,24,25). The molecule has 0 saturated carbocycles. The summed E-state index contributed by atoms with van der Waals surface area (Å²) in [5.74, 6) is 0.426. The minimum atomic E-state index is 0.147. The van der Waals surface area contributed by atoms with Gasteiger partial charge >= 0.3 is 0 Å². The molecular formula is C21H27ClN4O. The van der Waals surface area contributed by atoms with Gasteiger partial charge in [-0.1, -0.05) is 42.8 Å². The van der Waals surface area contributed by atoms with Crippen molar-refractivity contribution in [2.75, 3.05) is 38.2 Å². The van der Waals surface area contributed by atoms with Crippen molar-refractivity contribution in [3.05, 3.63) is 64.7 Å². The van der Waals surface area contributed by atoms with Crippen LogP contribution in [-0.2, 0) is 11.2 Å². The van der Waals surface area contributed by atoms with Gasteiger partial charge < -0.3 is 15.8 Å². The Labute approximate surface area is 166 Å². The van der Waals surface area contributed by atoms with Gasteiger partial charge in [-0.3, -0.25) is 9.89 Å². The van der Waals surface area contributed by atoms with Crippen molar-refractivity contribution < 1.29 is 4.74 Å². The molecule has 3 rings (SSSR count). The quantitative estimate of drug-likeness (QED) is 0.587. The van der Waals surface area contributed by atoms with E-state index in [4.69, 9.17) is 22.1 Å². The van der Waals surface area contributed by atoms with Gasteiger partial charge in [-0.05, 0) is 41.8 Å². The van der Waals surface area contributed by atoms with Crippen molar-refractivity contribution in [3.8, 4) is 0 Å². The van der Waals surface area contributed by atoms with Crippen LogP contribution >= 0.6 is 11.6 Å². The molecule has 144 valence electrons. The molecular weight excluding hydrogens is 360 g/mol. The predicted octanol–water partition coefficient (Wildman–Crippen LogP) is 3.70. The van der Waals surface area contributed by atoms with Gasteiger partial charge in [0.05, 0.1) is 25.8 Å². The largest absolute Gasteiger partial charge is 0.379 e. The summed E-state index contributed by atoms with van der Waals surface area (Å²) in [6, 6.07) is 16.3. The van der Waals surface area contributed by atoms with Crippen LogP contribution in [0.15, 0.2) is 53.5 Å². The zero-order valence-corrected chi connectivity index (χ0v) is 16.5. The molecule has 1 fully saturated rings. The smallest absolute Gasteiger partial charge is 0.193 e. The Morgan fingerprint density at radius 3 is 2.67 bits per heavy atom. The molecule has 1 atom stereocenters. The molecule has 1 heterocycles. The fourth-order valence-electron chi connectivity index (χ4n) is 3.25. The number of halogens is 1. The van der Waals surface area contributed by atoms with Crippen LogP contribution in [0.4, 0.5) is 5.69 Å². The van der Waals surface area contributed by atoms with Crippen molar-refractivity contribution >= 4 is 23.2 Å². The van der Waals surface area contributed by atoms with Crippen LogP contribution in [-0.4, -0.2) is 43.7 Å². The second kappa shape index (κ2) is 9.74. The number of morpholine rings is 1. The highest BCUT2D eigenvalue weighted by molar-refractivity contribution is 6.30. The number of nitrogens with zero attached hydrogens (tertiary/aromatic N) is 2. The van der Waals surface area contributed by atoms with Gasteiger partial charge in [-0.15, -0.1) is 0 Å². The van der Waals surface area contributed by atoms with Crippen molar-refractivity contribution in [1.82, 2.24) is 4.90 Å². The number of anilines is 1. The highest BCUT2D eigenvalue weighted by Crippen LogP contribution is 2.24. The molecule has 1 saturated heterocycles. The van der Waals surface area contributed by atoms with E-state index in [1.165, 1.54) is 11.1 Å². The third-order valence-electron chi connectivity index (χ3n) is 4.78. The number of hydrogen-bond donors (Lipinski definition) is 2. The maximum absolute atomic E-state index is 6.15. The molecule has 2 aromatic carbocycles. The van der Waals surface area contributed by atoms with Crippen molar-refractivity contribution in [2.45, 2.75) is 19.4 Å². The Balaban J connectivity index is 1.72. The molecule has 1 aliphatic heterocycles. The Morgan fingerprint density at radius 2 is 1.96 bits per heavy atom. The summed E-state index contributed by atoms with van der Waals surface area (Å²) in [6.45, 7) is 5.96. The molecule has 0 aliphatic carbocycles. The molecule has 27 heavy (non-hydrogen) atoms. The average molecular weight is 387 g/mol. The summed E-state index contributed by atoms with van der Waals surface area (Å²) >= 11 is 6.05. The van der Waals surface area contributed by atoms with Crippen LogP contribution in [0.2, 0.25) is 5.02 Å². The van der Waals surface area contributed by atoms with E-state index >= 15 is 0 Å². The second-order valence-electron chi connectivity index (χ2n) is 6.62. The Morgan fingerprint density at radius 1 is 1.22 bits per heavy atom. The van der Waals surface area contributed by atoms with E-state index in [1.54, 1.807) is 0 Å². The molecule has 1 aliphatic rings. The monoisotopic (exact) mass is 386 g/mol. The SMILES string of the molecule is CCc1cccc(NC(N)=NCC(c2ccc(Cl)cc2)N2CCOCC2)c1. The number of aliphatic imine (C=N–C) groups is 1. The molecule has 3 N–H and O–H groups in total. The normalized spacial score (nSPS) is 16.9. The van der Waals surface area contributed by atoms with Crippen LogP contribution in [0.1, 0.15) is 24.1 Å². The van der Waals surface area contributed by atoms with Gasteiger partial charge in [0.2, 0.25) is 0 Å². The number of benzene rings is 2. The number of nitrogens with two attached hydrogens (primary N) is 1. The molecule has 2 aromatic rings. The van der Waals surface area contributed by atoms with Crippen LogP contribution in [0.3, 0.4) is 0 Å². The van der Waals surface area contributed by atoms with E-state index in [2.05, 4.69) is 46.4 Å². The zero-order valence-electron chi connectivity index (χ0n) is 15.7. The summed E-state index contributed by atoms with van der Waals surface area (Å²) < 4.78 is 5.50. The number of guanidine groups is 1. The first-order valence-corrected chi connectivity index (χ1v) is 9.76. The van der Waals surface area contributed by atoms with Crippen molar-refractivity contribution in [3.63, 3.8) is 0 Å². The maximum Gasteiger partial charge on any atom is 0.193 e. The van der Waals surface area contributed by atoms with E-state index in [0.29, 0.717) is 12.5 Å². The van der Waals surface area contributed by atoms with E-state index < -0.39 is 0 Å². The third-order valence-corrected chi connectivity index (χ3v) is 5.04. The predicted molar refractivity (Wildman–Crippen MR) is 113 cm³/mol. The molecule has 6 heteroatoms. The number of hydrogen-bond acceptors (Lipinski definition) is 3. The van der Waals surface area contributed by atoms with Gasteiger partial charge in [-0.25, -0.2) is 0 Å². The van der Waals surface area contributed by atoms with Gasteiger partial charge in [-0.2, -0.15) is 0 Å². The number of nitrogens with one attached hydrogen (secondary N) is 1. The zero-order chi connectivity index (χ0) is 19.1. The lowest BCUT2D eigenvalue weighted by Gasteiger charge is -2.34. The van der Waals surface area contributed by atoms with Gasteiger partial charge in [0, 0.05) is 23.8 Å². The molecule has 0 radical (unpaired) electrons. The van der Waals surface area contributed by atoms with E-state index in [-0.39, 0.29) is 6.04 Å². The lowest BCUT2D eigenvalue weighted by molar-refractivity contribution is 0.0180. The van der Waals surface area contributed by atoms with Crippen molar-refractivity contribution in [1.29, 1.82) is 0 Å². The van der Waals surface area contributed by atoms with Gasteiger partial charge in [0.15, 0.2) is 5.96 Å². The molecule has 0 bridgehead atoms. The number of ether oxygens (including phenoxy) is 1. The maximum atomic E-state index is 6.15. The third kappa shape index (κ3) is 5.70. The molecule has 5 nitrogen and oxygen atoms in total. The molecule has 0 aromatic heterocycles. The topological polar surface area (TPSA) is 62.9 Å². The molecule has 0 spiro atoms. The minimum Gasteiger partial charge on any atom is -0.379 e. The first-order valence-electron chi connectivity index (χ1n) is 9.39. The highest BCUT2D eigenvalue weighted by Gasteiger charge is 2.22. The number of rotatable bonds is 6. The van der Waals surface area contributed by atoms with E-state index in [9.17, 15) is 0 Å². The first-order chi connectivity index (χ1) is 13.2. The molecule has 1 unspecified atom stereocenters. The Kier molecular flexibility index (Phi) is 7.10. The Bertz CT molecular complexity index is 757. The summed E-state index contributed by atoms with van der Waals surface area (Å²) in [4.78, 5) is 7.01. The summed E-state index contributed by atoms with van der Waals surface area (Å²) in [5.41, 5.74) is 9.56. The second-order valence-corrected chi connectivity index (χ2v) is 7.06. The fraction of sp³-hybridized carbons (Fsp3) is 0.381. The van der Waals surface area contributed by atoms with Crippen LogP contribution in [0.5, 0.6) is 0 Å². The Hall–Kier alpha value is -2.08. The summed E-state index contributed by atoms with van der Waals surface area (Å²) in [6.07, 6.45) is 0.988. The average Bonchev–Trinajstić information content (AvgIpc) is 2.70. The lowest BCUT2D eigenvalue weighted by Crippen LogP contribution is -2.40. The van der Waals surface area contributed by atoms with Crippen molar-refractivity contribution in [2.24, 2.45) is 10.7 Å². The first kappa shape index (κ1) is 19.7. The van der Waals surface area contributed by atoms with Gasteiger partial charge in [0.25, 0.3) is 0 Å². The highest BCUT2D eigenvalue weighted by atomic mass is 35.5. The summed E-state index contributed by atoms with van der Waals surface area (Å²) in [7, 11) is 0. The van der Waals surface area contributed by atoms with Crippen LogP contribution in [0.25, 0.3) is 0 Å². The fourth-order valence-corrected chi connectivity index (χ4v) is 3.37. The van der Waals surface area contributed by atoms with E-state index in [0.717, 1.165) is 43.4 Å². The van der Waals surface area contributed by atoms with E-state index in [1.807, 2.05) is 24.3 Å². The minimum absolute atomic E-state index is 0.147. The summed E-state index contributed by atoms with van der Waals surface area (Å²) in [5, 5.41) is 3.93. The lowest BCUT2D eigenvalue weighted by atomic mass is 10.0. The van der Waals surface area contributed by atoms with Crippen LogP contribution < -0.4 is 11.1 Å².